The molecule has 3 heteroatoms. The van der Waals surface area contributed by atoms with Crippen LogP contribution in [-0.2, 0) is 9.47 Å². The molecule has 1 saturated carbocycles. The first-order valence-corrected chi connectivity index (χ1v) is 7.58. The Hall–Kier alpha value is 0.650. The van der Waals surface area contributed by atoms with E-state index in [4.69, 9.17) is 9.47 Å². The van der Waals surface area contributed by atoms with Crippen molar-refractivity contribution in [3.8, 4) is 0 Å². The summed E-state index contributed by atoms with van der Waals surface area (Å²) in [6, 6.07) is 0. The Labute approximate surface area is 106 Å². The third-order valence-corrected chi connectivity index (χ3v) is 4.99. The van der Waals surface area contributed by atoms with Gasteiger partial charge in [0, 0.05) is 11.0 Å². The zero-order valence-corrected chi connectivity index (χ0v) is 11.7. The van der Waals surface area contributed by atoms with Gasteiger partial charge in [0.1, 0.15) is 0 Å². The SMILES string of the molecule is CC1CCCC(CI)(OC2CCOC2)C1. The van der Waals surface area contributed by atoms with Crippen LogP contribution in [0.4, 0.5) is 0 Å². The Kier molecular flexibility index (Phi) is 4.30. The largest absolute Gasteiger partial charge is 0.379 e. The quantitative estimate of drug-likeness (QED) is 0.586. The predicted molar refractivity (Wildman–Crippen MR) is 69.6 cm³/mol. The predicted octanol–water partition coefficient (Wildman–Crippen LogP) is 3.18. The number of hydrogen-bond acceptors (Lipinski definition) is 2. The minimum Gasteiger partial charge on any atom is -0.379 e. The van der Waals surface area contributed by atoms with Crippen LogP contribution < -0.4 is 0 Å². The van der Waals surface area contributed by atoms with E-state index in [2.05, 4.69) is 29.5 Å². The summed E-state index contributed by atoms with van der Waals surface area (Å²) in [4.78, 5) is 0. The molecule has 1 saturated heterocycles. The Bertz CT molecular complexity index is 204. The lowest BCUT2D eigenvalue weighted by Crippen LogP contribution is -2.42. The van der Waals surface area contributed by atoms with Crippen molar-refractivity contribution in [2.45, 2.75) is 50.7 Å². The van der Waals surface area contributed by atoms with Gasteiger partial charge in [0.2, 0.25) is 0 Å². The highest BCUT2D eigenvalue weighted by Crippen LogP contribution is 2.38. The maximum atomic E-state index is 6.33. The maximum absolute atomic E-state index is 6.33. The van der Waals surface area contributed by atoms with Gasteiger partial charge >= 0.3 is 0 Å². The van der Waals surface area contributed by atoms with Crippen molar-refractivity contribution in [1.29, 1.82) is 0 Å². The molecule has 3 atom stereocenters. The average Bonchev–Trinajstić information content (AvgIpc) is 2.70. The summed E-state index contributed by atoms with van der Waals surface area (Å²) in [5.74, 6) is 0.829. The van der Waals surface area contributed by atoms with Crippen molar-refractivity contribution in [3.05, 3.63) is 0 Å². The van der Waals surface area contributed by atoms with Crippen molar-refractivity contribution in [2.75, 3.05) is 17.6 Å². The first-order chi connectivity index (χ1) is 7.24. The number of ether oxygens (including phenoxy) is 2. The lowest BCUT2D eigenvalue weighted by Gasteiger charge is -2.40. The van der Waals surface area contributed by atoms with Gasteiger partial charge in [0.05, 0.1) is 18.3 Å². The summed E-state index contributed by atoms with van der Waals surface area (Å²) in [6.07, 6.45) is 6.65. The molecule has 88 valence electrons. The molecule has 1 aliphatic carbocycles. The third-order valence-electron chi connectivity index (χ3n) is 3.60. The molecule has 3 unspecified atom stereocenters. The Morgan fingerprint density at radius 1 is 1.47 bits per heavy atom. The van der Waals surface area contributed by atoms with Crippen LogP contribution in [0.25, 0.3) is 0 Å². The topological polar surface area (TPSA) is 18.5 Å². The van der Waals surface area contributed by atoms with E-state index in [1.54, 1.807) is 0 Å². The highest BCUT2D eigenvalue weighted by Gasteiger charge is 2.37. The minimum atomic E-state index is 0.163. The van der Waals surface area contributed by atoms with E-state index in [1.807, 2.05) is 0 Å². The molecule has 2 fully saturated rings. The molecule has 1 heterocycles. The van der Waals surface area contributed by atoms with E-state index in [0.717, 1.165) is 30.0 Å². The Morgan fingerprint density at radius 2 is 2.33 bits per heavy atom. The smallest absolute Gasteiger partial charge is 0.0838 e. The first kappa shape index (κ1) is 12.1. The molecule has 0 radical (unpaired) electrons. The molecule has 2 aliphatic rings. The van der Waals surface area contributed by atoms with Crippen LogP contribution in [-0.4, -0.2) is 29.3 Å². The molecule has 0 N–H and O–H groups in total. The summed E-state index contributed by atoms with van der Waals surface area (Å²) in [6.45, 7) is 4.05. The first-order valence-electron chi connectivity index (χ1n) is 6.06. The van der Waals surface area contributed by atoms with Crippen molar-refractivity contribution < 1.29 is 9.47 Å². The summed E-state index contributed by atoms with van der Waals surface area (Å²) in [5, 5.41) is 0. The molecule has 1 aliphatic heterocycles. The monoisotopic (exact) mass is 324 g/mol. The molecule has 0 aromatic heterocycles. The molecule has 15 heavy (non-hydrogen) atoms. The van der Waals surface area contributed by atoms with Crippen molar-refractivity contribution in [1.82, 2.24) is 0 Å². The van der Waals surface area contributed by atoms with Crippen LogP contribution >= 0.6 is 22.6 Å². The Morgan fingerprint density at radius 3 is 2.93 bits per heavy atom. The molecule has 0 spiro atoms. The molecule has 0 amide bonds. The van der Waals surface area contributed by atoms with Gasteiger partial charge in [-0.2, -0.15) is 0 Å². The van der Waals surface area contributed by atoms with Gasteiger partial charge in [0.15, 0.2) is 0 Å². The van der Waals surface area contributed by atoms with E-state index in [9.17, 15) is 0 Å². The summed E-state index contributed by atoms with van der Waals surface area (Å²) >= 11 is 2.49. The van der Waals surface area contributed by atoms with Gasteiger partial charge in [0.25, 0.3) is 0 Å². The number of halogens is 1. The molecular formula is C12H21IO2. The fourth-order valence-corrected chi connectivity index (χ4v) is 3.70. The Balaban J connectivity index is 1.93. The zero-order chi connectivity index (χ0) is 10.7. The molecule has 2 rings (SSSR count). The number of alkyl halides is 1. The second kappa shape index (κ2) is 5.32. The fraction of sp³-hybridized carbons (Fsp3) is 1.00. The van der Waals surface area contributed by atoms with Gasteiger partial charge in [-0.05, 0) is 25.2 Å². The molecule has 0 aromatic rings. The summed E-state index contributed by atoms with van der Waals surface area (Å²) < 4.78 is 12.8. The van der Waals surface area contributed by atoms with Gasteiger partial charge < -0.3 is 9.47 Å². The molecular weight excluding hydrogens is 303 g/mol. The molecule has 0 bridgehead atoms. The normalized spacial score (nSPS) is 42.0. The molecule has 2 nitrogen and oxygen atoms in total. The van der Waals surface area contributed by atoms with E-state index >= 15 is 0 Å². The van der Waals surface area contributed by atoms with Crippen molar-refractivity contribution in [3.63, 3.8) is 0 Å². The number of hydrogen-bond donors (Lipinski definition) is 0. The van der Waals surface area contributed by atoms with E-state index in [-0.39, 0.29) is 5.60 Å². The summed E-state index contributed by atoms with van der Waals surface area (Å²) in [7, 11) is 0. The lowest BCUT2D eigenvalue weighted by molar-refractivity contribution is -0.105. The van der Waals surface area contributed by atoms with E-state index in [0.29, 0.717) is 6.10 Å². The van der Waals surface area contributed by atoms with Crippen molar-refractivity contribution in [2.24, 2.45) is 5.92 Å². The van der Waals surface area contributed by atoms with Crippen molar-refractivity contribution >= 4 is 22.6 Å². The highest BCUT2D eigenvalue weighted by molar-refractivity contribution is 14.1. The van der Waals surface area contributed by atoms with Crippen LogP contribution in [0.1, 0.15) is 39.0 Å². The van der Waals surface area contributed by atoms with Crippen LogP contribution in [0, 0.1) is 5.92 Å². The fourth-order valence-electron chi connectivity index (χ4n) is 2.83. The second-order valence-corrected chi connectivity index (χ2v) is 5.88. The van der Waals surface area contributed by atoms with E-state index in [1.165, 1.54) is 25.7 Å². The zero-order valence-electron chi connectivity index (χ0n) is 9.51. The van der Waals surface area contributed by atoms with Crippen LogP contribution in [0.15, 0.2) is 0 Å². The van der Waals surface area contributed by atoms with Crippen LogP contribution in [0.3, 0.4) is 0 Å². The highest BCUT2D eigenvalue weighted by atomic mass is 127. The van der Waals surface area contributed by atoms with Crippen LogP contribution in [0.5, 0.6) is 0 Å². The van der Waals surface area contributed by atoms with E-state index < -0.39 is 0 Å². The minimum absolute atomic E-state index is 0.163. The molecule has 0 aromatic carbocycles. The van der Waals surface area contributed by atoms with Gasteiger partial charge in [-0.1, -0.05) is 42.4 Å². The van der Waals surface area contributed by atoms with Gasteiger partial charge in [-0.25, -0.2) is 0 Å². The average molecular weight is 324 g/mol. The maximum Gasteiger partial charge on any atom is 0.0838 e. The van der Waals surface area contributed by atoms with Gasteiger partial charge in [-0.15, -0.1) is 0 Å². The standard InChI is InChI=1S/C12H21IO2/c1-10-3-2-5-12(7-10,9-13)15-11-4-6-14-8-11/h10-11H,2-9H2,1H3. The lowest BCUT2D eigenvalue weighted by atomic mass is 9.80. The van der Waals surface area contributed by atoms with Crippen LogP contribution in [0.2, 0.25) is 0 Å². The second-order valence-electron chi connectivity index (χ2n) is 5.12. The van der Waals surface area contributed by atoms with Gasteiger partial charge in [-0.3, -0.25) is 0 Å². The number of rotatable bonds is 3. The third kappa shape index (κ3) is 3.07. The summed E-state index contributed by atoms with van der Waals surface area (Å²) in [5.41, 5.74) is 0.163.